The highest BCUT2D eigenvalue weighted by Crippen LogP contribution is 2.16. The summed E-state index contributed by atoms with van der Waals surface area (Å²) >= 11 is 1.29. The largest absolute Gasteiger partial charge is 0.368 e. The number of rotatable bonds is 8. The minimum atomic E-state index is 0.0634. The molecule has 0 spiro atoms. The third-order valence-corrected chi connectivity index (χ3v) is 4.43. The number of aromatic nitrogens is 3. The van der Waals surface area contributed by atoms with Crippen LogP contribution in [0.4, 0.5) is 5.95 Å². The lowest BCUT2D eigenvalue weighted by Crippen LogP contribution is -2.37. The fourth-order valence-electron chi connectivity index (χ4n) is 2.15. The summed E-state index contributed by atoms with van der Waals surface area (Å²) in [6.07, 6.45) is 0. The molecule has 8 heteroatoms. The van der Waals surface area contributed by atoms with Gasteiger partial charge in [-0.2, -0.15) is 4.98 Å². The van der Waals surface area contributed by atoms with Gasteiger partial charge < -0.3 is 15.5 Å². The van der Waals surface area contributed by atoms with E-state index in [2.05, 4.69) is 39.1 Å². The summed E-state index contributed by atoms with van der Waals surface area (Å²) in [4.78, 5) is 20.6. The molecule has 0 aliphatic rings. The van der Waals surface area contributed by atoms with Crippen LogP contribution in [0.5, 0.6) is 0 Å². The molecule has 0 fully saturated rings. The minimum Gasteiger partial charge on any atom is -0.368 e. The van der Waals surface area contributed by atoms with E-state index in [1.165, 1.54) is 17.3 Å². The fourth-order valence-corrected chi connectivity index (χ4v) is 2.85. The van der Waals surface area contributed by atoms with Gasteiger partial charge in [-0.25, -0.2) is 5.10 Å². The Kier molecular flexibility index (Phi) is 6.62. The van der Waals surface area contributed by atoms with Gasteiger partial charge >= 0.3 is 0 Å². The van der Waals surface area contributed by atoms with Gasteiger partial charge in [0.2, 0.25) is 17.0 Å². The van der Waals surface area contributed by atoms with Gasteiger partial charge in [-0.15, -0.1) is 5.10 Å². The average Bonchev–Trinajstić information content (AvgIpc) is 2.96. The third-order valence-electron chi connectivity index (χ3n) is 3.60. The molecule has 3 N–H and O–H groups in total. The number of benzene rings is 1. The topological polar surface area (TPSA) is 91.1 Å². The Morgan fingerprint density at radius 2 is 2.04 bits per heavy atom. The Bertz CT molecular complexity index is 672. The zero-order valence-corrected chi connectivity index (χ0v) is 15.1. The first kappa shape index (κ1) is 18.3. The molecule has 1 heterocycles. The Balaban J connectivity index is 2.01. The van der Waals surface area contributed by atoms with Crippen molar-refractivity contribution in [2.24, 2.45) is 0 Å². The number of nitrogens with two attached hydrogens (primary N) is 1. The molecule has 1 aromatic heterocycles. The van der Waals surface area contributed by atoms with Crippen LogP contribution in [-0.2, 0) is 11.3 Å². The molecule has 24 heavy (non-hydrogen) atoms. The molecule has 2 rings (SSSR count). The number of hydrogen-bond acceptors (Lipinski definition) is 6. The van der Waals surface area contributed by atoms with Crippen LogP contribution in [0.1, 0.15) is 11.1 Å². The first-order valence-electron chi connectivity index (χ1n) is 7.73. The van der Waals surface area contributed by atoms with Gasteiger partial charge in [-0.1, -0.05) is 36.0 Å². The van der Waals surface area contributed by atoms with Crippen LogP contribution in [0.25, 0.3) is 0 Å². The molecule has 0 saturated heterocycles. The Hall–Kier alpha value is -2.06. The number of aromatic amines is 1. The van der Waals surface area contributed by atoms with Crippen LogP contribution in [0.3, 0.4) is 0 Å². The molecule has 0 atom stereocenters. The number of nitrogens with one attached hydrogen (secondary N) is 1. The Morgan fingerprint density at radius 3 is 2.67 bits per heavy atom. The maximum Gasteiger partial charge on any atom is 0.233 e. The number of thioether (sulfide) groups is 1. The van der Waals surface area contributed by atoms with E-state index in [0.29, 0.717) is 18.2 Å². The number of H-pyrrole nitrogens is 1. The number of carbonyl (C=O) groups excluding carboxylic acids is 1. The van der Waals surface area contributed by atoms with Gasteiger partial charge in [0.15, 0.2) is 0 Å². The summed E-state index contributed by atoms with van der Waals surface area (Å²) in [6.45, 7) is 4.16. The average molecular weight is 348 g/mol. The van der Waals surface area contributed by atoms with E-state index < -0.39 is 0 Å². The van der Waals surface area contributed by atoms with Crippen molar-refractivity contribution in [3.8, 4) is 0 Å². The number of amides is 1. The second kappa shape index (κ2) is 8.70. The zero-order valence-electron chi connectivity index (χ0n) is 14.3. The zero-order chi connectivity index (χ0) is 17.5. The lowest BCUT2D eigenvalue weighted by atomic mass is 10.1. The minimum absolute atomic E-state index is 0.0634. The molecule has 130 valence electrons. The maximum atomic E-state index is 12.6. The maximum absolute atomic E-state index is 12.6. The Labute approximate surface area is 146 Å². The number of nitrogen functional groups attached to an aromatic ring is 1. The normalized spacial score (nSPS) is 11.0. The molecule has 0 bridgehead atoms. The van der Waals surface area contributed by atoms with E-state index in [4.69, 9.17) is 5.73 Å². The summed E-state index contributed by atoms with van der Waals surface area (Å²) in [7, 11) is 4.00. The van der Waals surface area contributed by atoms with Crippen LogP contribution in [0.15, 0.2) is 29.4 Å². The number of anilines is 1. The number of likely N-dealkylation sites (N-methyl/N-ethyl adjacent to an activating group) is 1. The van der Waals surface area contributed by atoms with Crippen molar-refractivity contribution in [3.05, 3.63) is 35.4 Å². The lowest BCUT2D eigenvalue weighted by molar-refractivity contribution is -0.129. The third kappa shape index (κ3) is 5.54. The first-order chi connectivity index (χ1) is 11.5. The number of nitrogens with zero attached hydrogens (tertiary/aromatic N) is 4. The lowest BCUT2D eigenvalue weighted by Gasteiger charge is -2.25. The standard InChI is InChI=1S/C16H24N6OS/c1-12-6-4-5-7-13(12)10-22(9-8-21(2)3)14(23)11-24-16-18-15(17)19-20-16/h4-7H,8-11H2,1-3H3,(H3,17,18,19,20). The van der Waals surface area contributed by atoms with E-state index >= 15 is 0 Å². The molecule has 7 nitrogen and oxygen atoms in total. The van der Waals surface area contributed by atoms with Crippen LogP contribution in [-0.4, -0.2) is 63.8 Å². The van der Waals surface area contributed by atoms with Gasteiger partial charge in [0, 0.05) is 19.6 Å². The number of hydrogen-bond donors (Lipinski definition) is 2. The Morgan fingerprint density at radius 1 is 1.29 bits per heavy atom. The van der Waals surface area contributed by atoms with Crippen molar-refractivity contribution in [2.75, 3.05) is 38.7 Å². The molecule has 0 aliphatic carbocycles. The number of aryl methyl sites for hydroxylation is 1. The highest BCUT2D eigenvalue weighted by Gasteiger charge is 2.16. The smallest absolute Gasteiger partial charge is 0.233 e. The van der Waals surface area contributed by atoms with Crippen molar-refractivity contribution in [1.82, 2.24) is 25.0 Å². The fraction of sp³-hybridized carbons (Fsp3) is 0.438. The first-order valence-corrected chi connectivity index (χ1v) is 8.72. The molecule has 0 unspecified atom stereocenters. The van der Waals surface area contributed by atoms with E-state index in [1.807, 2.05) is 31.1 Å². The van der Waals surface area contributed by atoms with Gasteiger partial charge in [0.25, 0.3) is 0 Å². The van der Waals surface area contributed by atoms with Gasteiger partial charge in [0.05, 0.1) is 5.75 Å². The van der Waals surface area contributed by atoms with Crippen molar-refractivity contribution < 1.29 is 4.79 Å². The van der Waals surface area contributed by atoms with Crippen molar-refractivity contribution in [1.29, 1.82) is 0 Å². The van der Waals surface area contributed by atoms with E-state index in [0.717, 1.165) is 12.1 Å². The summed E-state index contributed by atoms with van der Waals surface area (Å²) in [5, 5.41) is 7.01. The van der Waals surface area contributed by atoms with Gasteiger partial charge in [0.1, 0.15) is 0 Å². The summed E-state index contributed by atoms with van der Waals surface area (Å²) in [5.41, 5.74) is 7.85. The van der Waals surface area contributed by atoms with Crippen molar-refractivity contribution in [3.63, 3.8) is 0 Å². The summed E-state index contributed by atoms with van der Waals surface area (Å²) < 4.78 is 0. The van der Waals surface area contributed by atoms with Gasteiger partial charge in [-0.05, 0) is 32.1 Å². The second-order valence-corrected chi connectivity index (χ2v) is 6.78. The van der Waals surface area contributed by atoms with Crippen molar-refractivity contribution >= 4 is 23.6 Å². The van der Waals surface area contributed by atoms with Crippen LogP contribution in [0, 0.1) is 6.92 Å². The van der Waals surface area contributed by atoms with E-state index in [-0.39, 0.29) is 17.6 Å². The molecule has 0 aliphatic heterocycles. The summed E-state index contributed by atoms with van der Waals surface area (Å²) in [5.74, 6) is 0.610. The highest BCUT2D eigenvalue weighted by molar-refractivity contribution is 7.99. The molecule has 0 radical (unpaired) electrons. The molecule has 2 aromatic rings. The molecule has 0 saturated carbocycles. The predicted octanol–water partition coefficient (Wildman–Crippen LogP) is 1.38. The van der Waals surface area contributed by atoms with E-state index in [9.17, 15) is 4.79 Å². The predicted molar refractivity (Wildman–Crippen MR) is 96.7 cm³/mol. The quantitative estimate of drug-likeness (QED) is 0.700. The number of carbonyl (C=O) groups is 1. The highest BCUT2D eigenvalue weighted by atomic mass is 32.2. The second-order valence-electron chi connectivity index (χ2n) is 5.84. The van der Waals surface area contributed by atoms with Gasteiger partial charge in [-0.3, -0.25) is 4.79 Å². The monoisotopic (exact) mass is 348 g/mol. The van der Waals surface area contributed by atoms with Crippen LogP contribution in [0.2, 0.25) is 0 Å². The van der Waals surface area contributed by atoms with Crippen molar-refractivity contribution in [2.45, 2.75) is 18.6 Å². The van der Waals surface area contributed by atoms with Crippen LogP contribution >= 0.6 is 11.8 Å². The molecular formula is C16H24N6OS. The van der Waals surface area contributed by atoms with E-state index in [1.54, 1.807) is 0 Å². The summed E-state index contributed by atoms with van der Waals surface area (Å²) in [6, 6.07) is 8.14. The SMILES string of the molecule is Cc1ccccc1CN(CCN(C)C)C(=O)CSc1n[nH]c(N)n1. The van der Waals surface area contributed by atoms with Crippen LogP contribution < -0.4 is 5.73 Å². The molecule has 1 amide bonds. The molecular weight excluding hydrogens is 324 g/mol. The molecule has 1 aromatic carbocycles.